The molecule has 4 heteroatoms. The van der Waals surface area contributed by atoms with Crippen molar-refractivity contribution < 1.29 is 0 Å². The van der Waals surface area contributed by atoms with Gasteiger partial charge in [0.15, 0.2) is 0 Å². The number of hydrogen-bond acceptors (Lipinski definition) is 3. The first kappa shape index (κ1) is 17.1. The molecule has 3 nitrogen and oxygen atoms in total. The Hall–Kier alpha value is -0.770. The van der Waals surface area contributed by atoms with Crippen molar-refractivity contribution >= 4 is 17.3 Å². The molecule has 1 aromatic rings. The lowest BCUT2D eigenvalue weighted by molar-refractivity contribution is 0.217. The van der Waals surface area contributed by atoms with E-state index in [4.69, 9.17) is 17.3 Å². The van der Waals surface area contributed by atoms with E-state index in [-0.39, 0.29) is 0 Å². The fourth-order valence-corrected chi connectivity index (χ4v) is 4.16. The predicted molar refractivity (Wildman–Crippen MR) is 99.4 cm³/mol. The Morgan fingerprint density at radius 3 is 2.48 bits per heavy atom. The molecule has 0 aromatic heterocycles. The largest absolute Gasteiger partial charge is 0.369 e. The van der Waals surface area contributed by atoms with Crippen LogP contribution < -0.4 is 10.6 Å². The van der Waals surface area contributed by atoms with Gasteiger partial charge >= 0.3 is 0 Å². The van der Waals surface area contributed by atoms with E-state index < -0.39 is 0 Å². The van der Waals surface area contributed by atoms with Crippen LogP contribution in [0.2, 0.25) is 5.02 Å². The first-order valence-electron chi connectivity index (χ1n) is 9.11. The molecule has 3 rings (SSSR count). The number of anilines is 1. The Bertz CT molecular complexity index is 503. The van der Waals surface area contributed by atoms with Gasteiger partial charge in [-0.05, 0) is 69.2 Å². The summed E-state index contributed by atoms with van der Waals surface area (Å²) in [6, 6.07) is 6.70. The average Bonchev–Trinajstić information content (AvgIpc) is 2.57. The summed E-state index contributed by atoms with van der Waals surface area (Å²) in [7, 11) is 0. The van der Waals surface area contributed by atoms with Crippen molar-refractivity contribution in [2.75, 3.05) is 37.6 Å². The highest BCUT2D eigenvalue weighted by Crippen LogP contribution is 2.28. The van der Waals surface area contributed by atoms with Gasteiger partial charge in [0.25, 0.3) is 0 Å². The van der Waals surface area contributed by atoms with Crippen LogP contribution >= 0.6 is 11.6 Å². The summed E-state index contributed by atoms with van der Waals surface area (Å²) >= 11 is 6.26. The van der Waals surface area contributed by atoms with Gasteiger partial charge in [0.1, 0.15) is 0 Å². The van der Waals surface area contributed by atoms with E-state index in [0.29, 0.717) is 6.04 Å². The second kappa shape index (κ2) is 7.87. The molecule has 1 aromatic carbocycles. The van der Waals surface area contributed by atoms with Crippen LogP contribution in [-0.4, -0.2) is 43.7 Å². The Labute approximate surface area is 145 Å². The van der Waals surface area contributed by atoms with Crippen LogP contribution in [0.25, 0.3) is 0 Å². The Balaban J connectivity index is 1.44. The molecule has 0 amide bonds. The van der Waals surface area contributed by atoms with E-state index >= 15 is 0 Å². The third kappa shape index (κ3) is 4.40. The molecule has 128 valence electrons. The number of hydrogen-bond donors (Lipinski definition) is 1. The summed E-state index contributed by atoms with van der Waals surface area (Å²) in [5.74, 6) is 0.906. The monoisotopic (exact) mass is 335 g/mol. The second-order valence-corrected chi connectivity index (χ2v) is 7.69. The standard InChI is InChI=1S/C19H30ClN3/c1-15-18(20)3-2-4-19(15)23-13-11-22(12-14-23)10-9-16-5-7-17(21)8-6-16/h2-4,16-17H,5-14,21H2,1H3. The van der Waals surface area contributed by atoms with Gasteiger partial charge in [-0.3, -0.25) is 4.90 Å². The number of halogens is 1. The third-order valence-corrected chi connectivity index (χ3v) is 6.11. The highest BCUT2D eigenvalue weighted by molar-refractivity contribution is 6.31. The maximum Gasteiger partial charge on any atom is 0.0455 e. The molecule has 1 aliphatic heterocycles. The van der Waals surface area contributed by atoms with Crippen LogP contribution in [0.5, 0.6) is 0 Å². The van der Waals surface area contributed by atoms with Gasteiger partial charge in [-0.1, -0.05) is 17.7 Å². The molecular formula is C19H30ClN3. The lowest BCUT2D eigenvalue weighted by Crippen LogP contribution is -2.47. The molecule has 0 bridgehead atoms. The lowest BCUT2D eigenvalue weighted by Gasteiger charge is -2.37. The van der Waals surface area contributed by atoms with Gasteiger partial charge in [0.05, 0.1) is 0 Å². The third-order valence-electron chi connectivity index (χ3n) is 5.70. The number of piperazine rings is 1. The van der Waals surface area contributed by atoms with E-state index in [2.05, 4.69) is 28.9 Å². The van der Waals surface area contributed by atoms with E-state index in [1.807, 2.05) is 6.07 Å². The Morgan fingerprint density at radius 2 is 1.78 bits per heavy atom. The molecule has 23 heavy (non-hydrogen) atoms. The SMILES string of the molecule is Cc1c(Cl)cccc1N1CCN(CCC2CCC(N)CC2)CC1. The zero-order valence-electron chi connectivity index (χ0n) is 14.3. The predicted octanol–water partition coefficient (Wildman–Crippen LogP) is 3.68. The van der Waals surface area contributed by atoms with E-state index in [9.17, 15) is 0 Å². The van der Waals surface area contributed by atoms with Crippen molar-refractivity contribution in [3.05, 3.63) is 28.8 Å². The zero-order valence-corrected chi connectivity index (χ0v) is 15.1. The van der Waals surface area contributed by atoms with Gasteiger partial charge in [-0.2, -0.15) is 0 Å². The normalized spacial score (nSPS) is 26.5. The summed E-state index contributed by atoms with van der Waals surface area (Å²) in [5.41, 5.74) is 8.52. The zero-order chi connectivity index (χ0) is 16.2. The summed E-state index contributed by atoms with van der Waals surface area (Å²) in [5, 5.41) is 0.875. The molecule has 2 aliphatic rings. The highest BCUT2D eigenvalue weighted by Gasteiger charge is 2.22. The molecule has 0 unspecified atom stereocenters. The maximum atomic E-state index is 6.26. The second-order valence-electron chi connectivity index (χ2n) is 7.28. The van der Waals surface area contributed by atoms with Crippen LogP contribution in [0.1, 0.15) is 37.7 Å². The van der Waals surface area contributed by atoms with E-state index in [0.717, 1.165) is 37.1 Å². The minimum absolute atomic E-state index is 0.468. The van der Waals surface area contributed by atoms with Crippen molar-refractivity contribution in [1.29, 1.82) is 0 Å². The van der Waals surface area contributed by atoms with Gasteiger partial charge in [-0.15, -0.1) is 0 Å². The topological polar surface area (TPSA) is 32.5 Å². The molecule has 0 radical (unpaired) electrons. The average molecular weight is 336 g/mol. The van der Waals surface area contributed by atoms with Gasteiger partial charge in [0, 0.05) is 42.9 Å². The van der Waals surface area contributed by atoms with Crippen LogP contribution in [0, 0.1) is 12.8 Å². The summed E-state index contributed by atoms with van der Waals surface area (Å²) < 4.78 is 0. The van der Waals surface area contributed by atoms with Crippen molar-refractivity contribution in [1.82, 2.24) is 4.90 Å². The van der Waals surface area contributed by atoms with Crippen LogP contribution in [0.15, 0.2) is 18.2 Å². The molecule has 2 N–H and O–H groups in total. The minimum atomic E-state index is 0.468. The maximum absolute atomic E-state index is 6.26. The number of nitrogens with two attached hydrogens (primary N) is 1. The molecule has 2 fully saturated rings. The Morgan fingerprint density at radius 1 is 1.09 bits per heavy atom. The quantitative estimate of drug-likeness (QED) is 0.911. The lowest BCUT2D eigenvalue weighted by atomic mass is 9.84. The first-order valence-corrected chi connectivity index (χ1v) is 9.49. The first-order chi connectivity index (χ1) is 11.1. The molecule has 0 atom stereocenters. The van der Waals surface area contributed by atoms with Crippen molar-refractivity contribution in [2.45, 2.75) is 45.1 Å². The van der Waals surface area contributed by atoms with Gasteiger partial charge in [0.2, 0.25) is 0 Å². The summed E-state index contributed by atoms with van der Waals surface area (Å²) in [6.07, 6.45) is 6.48. The van der Waals surface area contributed by atoms with Crippen LogP contribution in [-0.2, 0) is 0 Å². The summed E-state index contributed by atoms with van der Waals surface area (Å²) in [6.45, 7) is 7.92. The molecule has 0 spiro atoms. The number of nitrogens with zero attached hydrogens (tertiary/aromatic N) is 2. The van der Waals surface area contributed by atoms with Crippen LogP contribution in [0.4, 0.5) is 5.69 Å². The molecular weight excluding hydrogens is 306 g/mol. The Kier molecular flexibility index (Phi) is 5.84. The highest BCUT2D eigenvalue weighted by atomic mass is 35.5. The smallest absolute Gasteiger partial charge is 0.0455 e. The fourth-order valence-electron chi connectivity index (χ4n) is 3.99. The number of rotatable bonds is 4. The molecule has 1 saturated carbocycles. The molecule has 1 saturated heterocycles. The van der Waals surface area contributed by atoms with Crippen molar-refractivity contribution in [2.24, 2.45) is 11.7 Å². The van der Waals surface area contributed by atoms with Crippen LogP contribution in [0.3, 0.4) is 0 Å². The molecule has 1 heterocycles. The van der Waals surface area contributed by atoms with E-state index in [1.54, 1.807) is 0 Å². The van der Waals surface area contributed by atoms with Crippen molar-refractivity contribution in [3.8, 4) is 0 Å². The molecule has 1 aliphatic carbocycles. The van der Waals surface area contributed by atoms with Crippen molar-refractivity contribution in [3.63, 3.8) is 0 Å². The fraction of sp³-hybridized carbons (Fsp3) is 0.684. The minimum Gasteiger partial charge on any atom is -0.369 e. The van der Waals surface area contributed by atoms with Gasteiger partial charge < -0.3 is 10.6 Å². The summed E-state index contributed by atoms with van der Waals surface area (Å²) in [4.78, 5) is 5.11. The van der Waals surface area contributed by atoms with E-state index in [1.165, 1.54) is 49.9 Å². The number of benzene rings is 1. The van der Waals surface area contributed by atoms with Gasteiger partial charge in [-0.25, -0.2) is 0 Å².